The van der Waals surface area contributed by atoms with Crippen molar-refractivity contribution in [3.05, 3.63) is 76.2 Å². The number of hydrogen-bond donors (Lipinski definition) is 1. The first-order chi connectivity index (χ1) is 15.3. The van der Waals surface area contributed by atoms with Crippen LogP contribution in [0.25, 0.3) is 0 Å². The molecule has 1 heterocycles. The van der Waals surface area contributed by atoms with Crippen molar-refractivity contribution < 1.29 is 23.1 Å². The monoisotopic (exact) mass is 474 g/mol. The van der Waals surface area contributed by atoms with E-state index in [2.05, 4.69) is 0 Å². The third-order valence-electron chi connectivity index (χ3n) is 5.00. The topological polar surface area (TPSA) is 87.2 Å². The first-order valence-electron chi connectivity index (χ1n) is 10.0. The fourth-order valence-electron chi connectivity index (χ4n) is 3.15. The zero-order chi connectivity index (χ0) is 23.3. The molecule has 0 saturated heterocycles. The summed E-state index contributed by atoms with van der Waals surface area (Å²) in [5, 5.41) is 11.1. The second kappa shape index (κ2) is 10.2. The summed E-state index contributed by atoms with van der Waals surface area (Å²) in [7, 11) is -0.927. The fraction of sp³-hybridized carbons (Fsp3) is 0.261. The van der Waals surface area contributed by atoms with E-state index in [1.54, 1.807) is 48.8 Å². The lowest BCUT2D eigenvalue weighted by Crippen LogP contribution is -2.30. The molecule has 1 aliphatic rings. The molecule has 1 amide bonds. The Kier molecular flexibility index (Phi) is 7.55. The van der Waals surface area contributed by atoms with E-state index < -0.39 is 15.9 Å². The molecule has 0 bridgehead atoms. The molecule has 0 spiro atoms. The third-order valence-corrected chi connectivity index (χ3v) is 7.86. The van der Waals surface area contributed by atoms with Crippen LogP contribution in [0.1, 0.15) is 23.0 Å². The van der Waals surface area contributed by atoms with Crippen molar-refractivity contribution in [3.63, 3.8) is 0 Å². The molecule has 9 heteroatoms. The predicted octanol–water partition coefficient (Wildman–Crippen LogP) is 3.81. The number of nitrogens with zero attached hydrogens (tertiary/aromatic N) is 2. The van der Waals surface area contributed by atoms with Gasteiger partial charge in [0.25, 0.3) is 15.9 Å². The van der Waals surface area contributed by atoms with Crippen LogP contribution in [-0.2, 0) is 10.0 Å². The lowest BCUT2D eigenvalue weighted by atomic mass is 10.2. The number of carbonyl (C=O) groups excluding carboxylic acids is 1. The maximum absolute atomic E-state index is 13.3. The number of benzene rings is 1. The van der Waals surface area contributed by atoms with Crippen molar-refractivity contribution in [2.45, 2.75) is 18.2 Å². The number of allylic oxidation sites excluding steroid dienone is 4. The quantitative estimate of drug-likeness (QED) is 0.629. The molecular formula is C23H26N2O5S2. The minimum atomic E-state index is -3.97. The number of likely N-dealkylation sites (N-methyl/N-ethyl adjacent to an activating group) is 1. The Morgan fingerprint density at radius 3 is 2.56 bits per heavy atom. The number of carbonyl (C=O) groups is 1. The molecule has 0 unspecified atom stereocenters. The second-order valence-corrected chi connectivity index (χ2v) is 9.92. The lowest BCUT2D eigenvalue weighted by Gasteiger charge is -2.22. The Labute approximate surface area is 192 Å². The number of hydrogen-bond acceptors (Lipinski definition) is 6. The molecule has 1 aromatic heterocycles. The van der Waals surface area contributed by atoms with Gasteiger partial charge >= 0.3 is 0 Å². The van der Waals surface area contributed by atoms with E-state index in [1.165, 1.54) is 18.0 Å². The van der Waals surface area contributed by atoms with Crippen molar-refractivity contribution in [2.75, 3.05) is 31.6 Å². The van der Waals surface area contributed by atoms with Crippen LogP contribution in [0, 0.1) is 0 Å². The molecule has 2 aromatic rings. The molecule has 0 atom stereocenters. The molecule has 0 fully saturated rings. The number of thiophene rings is 1. The van der Waals surface area contributed by atoms with Gasteiger partial charge < -0.3 is 14.7 Å². The van der Waals surface area contributed by atoms with Crippen molar-refractivity contribution in [2.24, 2.45) is 0 Å². The van der Waals surface area contributed by atoms with Gasteiger partial charge in [0.2, 0.25) is 0 Å². The Balaban J connectivity index is 1.90. The number of aliphatic hydroxyl groups excluding tert-OH is 1. The third kappa shape index (κ3) is 4.95. The molecule has 7 nitrogen and oxygen atoms in total. The largest absolute Gasteiger partial charge is 0.494 e. The van der Waals surface area contributed by atoms with E-state index in [0.717, 1.165) is 21.2 Å². The van der Waals surface area contributed by atoms with Crippen molar-refractivity contribution in [3.8, 4) is 5.75 Å². The van der Waals surface area contributed by atoms with Gasteiger partial charge in [0, 0.05) is 19.8 Å². The molecule has 3 rings (SSSR count). The number of amides is 1. The lowest BCUT2D eigenvalue weighted by molar-refractivity contribution is 0.0841. The predicted molar refractivity (Wildman–Crippen MR) is 127 cm³/mol. The Morgan fingerprint density at radius 1 is 1.19 bits per heavy atom. The van der Waals surface area contributed by atoms with Crippen molar-refractivity contribution >= 4 is 33.0 Å². The summed E-state index contributed by atoms with van der Waals surface area (Å²) in [5.74, 6) is 0.213. The highest BCUT2D eigenvalue weighted by molar-refractivity contribution is 7.93. The number of rotatable bonds is 8. The molecule has 32 heavy (non-hydrogen) atoms. The van der Waals surface area contributed by atoms with E-state index >= 15 is 0 Å². The smallest absolute Gasteiger partial charge is 0.269 e. The van der Waals surface area contributed by atoms with Gasteiger partial charge in [0.15, 0.2) is 0 Å². The van der Waals surface area contributed by atoms with Crippen LogP contribution in [0.3, 0.4) is 0 Å². The number of sulfonamides is 1. The summed E-state index contributed by atoms with van der Waals surface area (Å²) in [5.41, 5.74) is 1.79. The molecular weight excluding hydrogens is 448 g/mol. The number of anilines is 1. The maximum atomic E-state index is 13.3. The first kappa shape index (κ1) is 23.8. The molecule has 1 aromatic carbocycles. The van der Waals surface area contributed by atoms with E-state index in [-0.39, 0.29) is 16.4 Å². The van der Waals surface area contributed by atoms with Gasteiger partial charge in [-0.05, 0) is 66.8 Å². The fourth-order valence-corrected chi connectivity index (χ4v) is 5.72. The van der Waals surface area contributed by atoms with Gasteiger partial charge in [-0.25, -0.2) is 8.42 Å². The molecule has 0 radical (unpaired) electrons. The van der Waals surface area contributed by atoms with Crippen LogP contribution < -0.4 is 9.04 Å². The van der Waals surface area contributed by atoms with Crippen molar-refractivity contribution in [1.29, 1.82) is 0 Å². The Bertz CT molecular complexity index is 1160. The van der Waals surface area contributed by atoms with Gasteiger partial charge in [-0.15, -0.1) is 11.3 Å². The average molecular weight is 475 g/mol. The van der Waals surface area contributed by atoms with Gasteiger partial charge in [0.05, 0.1) is 18.9 Å². The maximum Gasteiger partial charge on any atom is 0.269 e. The van der Waals surface area contributed by atoms with E-state index in [1.807, 2.05) is 19.1 Å². The van der Waals surface area contributed by atoms with Crippen LogP contribution in [-0.4, -0.2) is 51.6 Å². The van der Waals surface area contributed by atoms with E-state index in [9.17, 15) is 18.3 Å². The minimum Gasteiger partial charge on any atom is -0.494 e. The van der Waals surface area contributed by atoms with Crippen LogP contribution in [0.2, 0.25) is 0 Å². The first-order valence-corrected chi connectivity index (χ1v) is 12.4. The molecule has 1 N–H and O–H groups in total. The average Bonchev–Trinajstić information content (AvgIpc) is 3.18. The second-order valence-electron chi connectivity index (χ2n) is 7.06. The molecule has 0 saturated carbocycles. The summed E-state index contributed by atoms with van der Waals surface area (Å²) in [6.07, 6.45) is 7.79. The summed E-state index contributed by atoms with van der Waals surface area (Å²) in [6.45, 7) is 2.27. The normalized spacial score (nSPS) is 13.8. The Hall–Kier alpha value is -2.88. The molecule has 0 aliphatic heterocycles. The number of ether oxygens (including phenoxy) is 1. The standard InChI is InChI=1S/C23H26N2O5S2/c1-4-30-20-11-9-18(10-12-20)25(3)32(28,29)21-13-14-31-22(21)23(27)24(2)19-8-6-5-7-17(15-19)16-26/h5-6,8-15,26H,4,7,16H2,1-3H3. The number of aliphatic hydroxyl groups is 1. The van der Waals surface area contributed by atoms with Crippen LogP contribution in [0.5, 0.6) is 5.75 Å². The van der Waals surface area contributed by atoms with E-state index in [4.69, 9.17) is 4.74 Å². The molecule has 1 aliphatic carbocycles. The highest BCUT2D eigenvalue weighted by Crippen LogP contribution is 2.30. The van der Waals surface area contributed by atoms with Gasteiger partial charge in [-0.1, -0.05) is 12.2 Å². The SMILES string of the molecule is CCOc1ccc(N(C)S(=O)(=O)c2ccsc2C(=O)N(C)C2=CC=CCC(CO)=C2)cc1. The minimum absolute atomic E-state index is 0.0492. The van der Waals surface area contributed by atoms with Crippen molar-refractivity contribution in [1.82, 2.24) is 4.90 Å². The summed E-state index contributed by atoms with van der Waals surface area (Å²) >= 11 is 1.08. The zero-order valence-corrected chi connectivity index (χ0v) is 19.8. The van der Waals surface area contributed by atoms with Crippen LogP contribution >= 0.6 is 11.3 Å². The highest BCUT2D eigenvalue weighted by Gasteiger charge is 2.30. The van der Waals surface area contributed by atoms with Crippen LogP contribution in [0.15, 0.2) is 76.2 Å². The summed E-state index contributed by atoms with van der Waals surface area (Å²) < 4.78 is 33.2. The van der Waals surface area contributed by atoms with Crippen LogP contribution in [0.4, 0.5) is 5.69 Å². The summed E-state index contributed by atoms with van der Waals surface area (Å²) in [4.78, 5) is 14.7. The zero-order valence-electron chi connectivity index (χ0n) is 18.2. The van der Waals surface area contributed by atoms with E-state index in [0.29, 0.717) is 30.2 Å². The highest BCUT2D eigenvalue weighted by atomic mass is 32.2. The summed E-state index contributed by atoms with van der Waals surface area (Å²) in [6, 6.07) is 8.17. The Morgan fingerprint density at radius 2 is 1.91 bits per heavy atom. The van der Waals surface area contributed by atoms with Gasteiger partial charge in [-0.2, -0.15) is 0 Å². The van der Waals surface area contributed by atoms with Gasteiger partial charge in [0.1, 0.15) is 15.5 Å². The van der Waals surface area contributed by atoms with Gasteiger partial charge in [-0.3, -0.25) is 9.10 Å². The molecule has 170 valence electrons.